The van der Waals surface area contributed by atoms with Gasteiger partial charge >= 0.3 is 6.36 Å². The molecule has 0 saturated carbocycles. The zero-order chi connectivity index (χ0) is 15.3. The van der Waals surface area contributed by atoms with Crippen LogP contribution in [0.5, 0.6) is 5.75 Å². The molecule has 21 heavy (non-hydrogen) atoms. The fraction of sp³-hybridized carbons (Fsp3) is 0.462. The molecule has 5 nitrogen and oxygen atoms in total. The van der Waals surface area contributed by atoms with Gasteiger partial charge in [0.05, 0.1) is 18.3 Å². The number of rotatable bonds is 4. The Balaban J connectivity index is 1.99. The van der Waals surface area contributed by atoms with Crippen LogP contribution in [-0.4, -0.2) is 31.6 Å². The summed E-state index contributed by atoms with van der Waals surface area (Å²) in [5.74, 6) is -0.344. The Bertz CT molecular complexity index is 500. The van der Waals surface area contributed by atoms with Crippen molar-refractivity contribution in [3.63, 3.8) is 0 Å². The number of guanidine groups is 1. The van der Waals surface area contributed by atoms with Crippen LogP contribution in [0.4, 0.5) is 18.9 Å². The summed E-state index contributed by atoms with van der Waals surface area (Å²) < 4.78 is 46.1. The second kappa shape index (κ2) is 6.66. The first-order chi connectivity index (χ1) is 9.94. The number of alkyl halides is 3. The van der Waals surface area contributed by atoms with Gasteiger partial charge in [0, 0.05) is 6.61 Å². The first-order valence-electron chi connectivity index (χ1n) is 6.47. The third kappa shape index (κ3) is 5.14. The van der Waals surface area contributed by atoms with Crippen LogP contribution in [0.25, 0.3) is 0 Å². The Kier molecular flexibility index (Phi) is 4.89. The van der Waals surface area contributed by atoms with Crippen molar-refractivity contribution in [2.45, 2.75) is 25.3 Å². The fourth-order valence-corrected chi connectivity index (χ4v) is 1.95. The summed E-state index contributed by atoms with van der Waals surface area (Å²) in [6.07, 6.45) is -2.85. The van der Waals surface area contributed by atoms with Gasteiger partial charge in [0.15, 0.2) is 11.7 Å². The molecule has 8 heteroatoms. The van der Waals surface area contributed by atoms with E-state index in [-0.39, 0.29) is 23.5 Å². The highest BCUT2D eigenvalue weighted by molar-refractivity contribution is 5.93. The number of hydrogen-bond acceptors (Lipinski definition) is 3. The van der Waals surface area contributed by atoms with E-state index in [1.165, 1.54) is 18.2 Å². The van der Waals surface area contributed by atoms with Crippen molar-refractivity contribution in [3.8, 4) is 5.75 Å². The van der Waals surface area contributed by atoms with Gasteiger partial charge in [0.25, 0.3) is 0 Å². The molecule has 1 aliphatic heterocycles. The molecular weight excluding hydrogens is 287 g/mol. The normalized spacial score (nSPS) is 19.6. The van der Waals surface area contributed by atoms with E-state index in [9.17, 15) is 13.2 Å². The fourth-order valence-electron chi connectivity index (χ4n) is 1.95. The van der Waals surface area contributed by atoms with Gasteiger partial charge in [-0.3, -0.25) is 4.99 Å². The number of ether oxygens (including phenoxy) is 2. The van der Waals surface area contributed by atoms with Crippen molar-refractivity contribution in [1.29, 1.82) is 0 Å². The first kappa shape index (κ1) is 15.4. The van der Waals surface area contributed by atoms with Crippen molar-refractivity contribution in [2.75, 3.05) is 18.5 Å². The Morgan fingerprint density at radius 1 is 1.43 bits per heavy atom. The average molecular weight is 303 g/mol. The second-order valence-corrected chi connectivity index (χ2v) is 4.53. The lowest BCUT2D eigenvalue weighted by Gasteiger charge is -2.14. The van der Waals surface area contributed by atoms with Crippen molar-refractivity contribution in [3.05, 3.63) is 24.3 Å². The van der Waals surface area contributed by atoms with Gasteiger partial charge in [-0.05, 0) is 25.0 Å². The molecule has 1 aliphatic rings. The van der Waals surface area contributed by atoms with Crippen LogP contribution >= 0.6 is 0 Å². The maximum Gasteiger partial charge on any atom is 0.573 e. The predicted octanol–water partition coefficient (Wildman–Crippen LogP) is 2.49. The van der Waals surface area contributed by atoms with Crippen molar-refractivity contribution in [2.24, 2.45) is 10.7 Å². The lowest BCUT2D eigenvalue weighted by atomic mass is 10.2. The highest BCUT2D eigenvalue weighted by Gasteiger charge is 2.32. The zero-order valence-electron chi connectivity index (χ0n) is 11.2. The smallest absolute Gasteiger partial charge is 0.404 e. The molecule has 1 heterocycles. The number of hydrogen-bond donors (Lipinski definition) is 2. The Labute approximate surface area is 119 Å². The van der Waals surface area contributed by atoms with Gasteiger partial charge in [-0.15, -0.1) is 13.2 Å². The van der Waals surface area contributed by atoms with Crippen LogP contribution in [0.3, 0.4) is 0 Å². The summed E-state index contributed by atoms with van der Waals surface area (Å²) in [5.41, 5.74) is 5.76. The van der Waals surface area contributed by atoms with Crippen LogP contribution in [0.2, 0.25) is 0 Å². The molecule has 1 saturated heterocycles. The summed E-state index contributed by atoms with van der Waals surface area (Å²) in [6.45, 7) is 1.08. The highest BCUT2D eigenvalue weighted by Crippen LogP contribution is 2.29. The number of benzene rings is 1. The monoisotopic (exact) mass is 303 g/mol. The van der Waals surface area contributed by atoms with E-state index in [1.54, 1.807) is 6.07 Å². The van der Waals surface area contributed by atoms with E-state index in [2.05, 4.69) is 15.0 Å². The van der Waals surface area contributed by atoms with Gasteiger partial charge in [0.1, 0.15) is 0 Å². The predicted molar refractivity (Wildman–Crippen MR) is 72.2 cm³/mol. The molecule has 3 N–H and O–H groups in total. The number of nitrogens with zero attached hydrogens (tertiary/aromatic N) is 1. The third-order valence-corrected chi connectivity index (χ3v) is 2.86. The number of anilines is 1. The number of aliphatic imine (C=N–C) groups is 1. The minimum absolute atomic E-state index is 0.0173. The number of nitrogens with one attached hydrogen (secondary N) is 1. The molecule has 0 bridgehead atoms. The maximum atomic E-state index is 12.3. The first-order valence-corrected chi connectivity index (χ1v) is 6.47. The summed E-state index contributed by atoms with van der Waals surface area (Å²) in [7, 11) is 0. The van der Waals surface area contributed by atoms with E-state index >= 15 is 0 Å². The standard InChI is InChI=1S/C13H16F3N3O2/c14-13(15,16)21-11-6-2-1-5-10(11)19-12(17)18-8-9-4-3-7-20-9/h1-2,5-6,9H,3-4,7-8H2,(H3,17,18,19). The topological polar surface area (TPSA) is 68.9 Å². The summed E-state index contributed by atoms with van der Waals surface area (Å²) in [5, 5.41) is 2.60. The lowest BCUT2D eigenvalue weighted by molar-refractivity contribution is -0.274. The van der Waals surface area contributed by atoms with Gasteiger partial charge in [-0.1, -0.05) is 12.1 Å². The summed E-state index contributed by atoms with van der Waals surface area (Å²) in [4.78, 5) is 4.06. The van der Waals surface area contributed by atoms with Crippen LogP contribution < -0.4 is 15.8 Å². The van der Waals surface area contributed by atoms with Crippen LogP contribution in [-0.2, 0) is 4.74 Å². The van der Waals surface area contributed by atoms with Crippen LogP contribution in [0, 0.1) is 0 Å². The van der Waals surface area contributed by atoms with E-state index in [4.69, 9.17) is 10.5 Å². The maximum absolute atomic E-state index is 12.3. The minimum atomic E-state index is -4.76. The lowest BCUT2D eigenvalue weighted by Crippen LogP contribution is -2.26. The van der Waals surface area contributed by atoms with Crippen molar-refractivity contribution < 1.29 is 22.6 Å². The molecule has 1 atom stereocenters. The summed E-state index contributed by atoms with van der Waals surface area (Å²) in [6, 6.07) is 5.63. The Hall–Kier alpha value is -1.96. The number of para-hydroxylation sites is 2. The quantitative estimate of drug-likeness (QED) is 0.662. The molecule has 116 valence electrons. The summed E-state index contributed by atoms with van der Waals surface area (Å²) >= 11 is 0. The van der Waals surface area contributed by atoms with Crippen molar-refractivity contribution in [1.82, 2.24) is 0 Å². The van der Waals surface area contributed by atoms with E-state index in [0.29, 0.717) is 13.2 Å². The second-order valence-electron chi connectivity index (χ2n) is 4.53. The van der Waals surface area contributed by atoms with Crippen LogP contribution in [0.15, 0.2) is 29.3 Å². The molecule has 0 spiro atoms. The molecule has 1 aromatic carbocycles. The zero-order valence-corrected chi connectivity index (χ0v) is 11.2. The van der Waals surface area contributed by atoms with Gasteiger partial charge in [-0.25, -0.2) is 0 Å². The third-order valence-electron chi connectivity index (χ3n) is 2.86. The van der Waals surface area contributed by atoms with Gasteiger partial charge < -0.3 is 20.5 Å². The van der Waals surface area contributed by atoms with E-state index in [0.717, 1.165) is 12.8 Å². The van der Waals surface area contributed by atoms with Crippen LogP contribution in [0.1, 0.15) is 12.8 Å². The number of halogens is 3. The molecule has 1 fully saturated rings. The van der Waals surface area contributed by atoms with Gasteiger partial charge in [0.2, 0.25) is 0 Å². The molecular formula is C13H16F3N3O2. The van der Waals surface area contributed by atoms with E-state index < -0.39 is 6.36 Å². The largest absolute Gasteiger partial charge is 0.573 e. The SMILES string of the molecule is NC(=NCC1CCCO1)Nc1ccccc1OC(F)(F)F. The molecule has 0 aromatic heterocycles. The molecule has 0 amide bonds. The molecule has 2 rings (SSSR count). The van der Waals surface area contributed by atoms with Crippen molar-refractivity contribution >= 4 is 11.6 Å². The number of nitrogens with two attached hydrogens (primary N) is 1. The molecule has 0 radical (unpaired) electrons. The van der Waals surface area contributed by atoms with E-state index in [1.807, 2.05) is 0 Å². The molecule has 0 aliphatic carbocycles. The Morgan fingerprint density at radius 2 is 2.19 bits per heavy atom. The Morgan fingerprint density at radius 3 is 2.86 bits per heavy atom. The minimum Gasteiger partial charge on any atom is -0.404 e. The molecule has 1 aromatic rings. The average Bonchev–Trinajstić information content (AvgIpc) is 2.90. The van der Waals surface area contributed by atoms with Gasteiger partial charge in [-0.2, -0.15) is 0 Å². The highest BCUT2D eigenvalue weighted by atomic mass is 19.4. The molecule has 1 unspecified atom stereocenters.